The summed E-state index contributed by atoms with van der Waals surface area (Å²) < 4.78 is 5.57. The molecule has 0 unspecified atom stereocenters. The molecule has 1 aromatic heterocycles. The minimum Gasteiger partial charge on any atom is -0.451 e. The first-order valence-corrected chi connectivity index (χ1v) is 9.13. The molecule has 2 N–H and O–H groups in total. The van der Waals surface area contributed by atoms with Crippen LogP contribution in [0.15, 0.2) is 46.9 Å². The molecule has 1 heterocycles. The molecule has 0 aliphatic carbocycles. The lowest BCUT2D eigenvalue weighted by molar-refractivity contribution is -0.115. The molecule has 1 atom stereocenters. The highest BCUT2D eigenvalue weighted by atomic mass is 35.5. The van der Waals surface area contributed by atoms with Crippen LogP contribution >= 0.6 is 23.2 Å². The number of fused-ring (bicyclic) bond motifs is 1. The van der Waals surface area contributed by atoms with Gasteiger partial charge in [-0.05, 0) is 36.8 Å². The van der Waals surface area contributed by atoms with Gasteiger partial charge in [-0.1, -0.05) is 41.4 Å². The smallest absolute Gasteiger partial charge is 0.238 e. The van der Waals surface area contributed by atoms with E-state index >= 15 is 0 Å². The average Bonchev–Trinajstić information content (AvgIpc) is 3.01. The number of hydrogen-bond acceptors (Lipinski definition) is 4. The Bertz CT molecular complexity index is 1010. The quantitative estimate of drug-likeness (QED) is 0.551. The number of rotatable bonds is 6. The molecule has 2 aromatic carbocycles. The first-order chi connectivity index (χ1) is 12.9. The van der Waals surface area contributed by atoms with Crippen molar-refractivity contribution in [2.45, 2.75) is 19.9 Å². The van der Waals surface area contributed by atoms with Crippen LogP contribution in [0, 0.1) is 0 Å². The summed E-state index contributed by atoms with van der Waals surface area (Å²) in [6, 6.07) is 12.4. The largest absolute Gasteiger partial charge is 0.451 e. The third-order valence-corrected chi connectivity index (χ3v) is 4.93. The van der Waals surface area contributed by atoms with E-state index in [1.807, 2.05) is 25.1 Å². The second-order valence-electron chi connectivity index (χ2n) is 6.18. The molecule has 0 bridgehead atoms. The van der Waals surface area contributed by atoms with Crippen molar-refractivity contribution in [2.24, 2.45) is 0 Å². The van der Waals surface area contributed by atoms with Crippen molar-refractivity contribution in [3.63, 3.8) is 0 Å². The van der Waals surface area contributed by atoms with Crippen LogP contribution < -0.4 is 10.6 Å². The van der Waals surface area contributed by atoms with Gasteiger partial charge in [-0.15, -0.1) is 0 Å². The lowest BCUT2D eigenvalue weighted by Gasteiger charge is -2.15. The molecule has 7 heteroatoms. The maximum absolute atomic E-state index is 12.4. The highest BCUT2D eigenvalue weighted by Gasteiger charge is 2.19. The number of ketones is 1. The van der Waals surface area contributed by atoms with E-state index in [9.17, 15) is 9.59 Å². The van der Waals surface area contributed by atoms with Crippen molar-refractivity contribution in [3.8, 4) is 0 Å². The van der Waals surface area contributed by atoms with E-state index < -0.39 is 0 Å². The molecule has 0 radical (unpaired) electrons. The second-order valence-corrected chi connectivity index (χ2v) is 7.00. The second kappa shape index (κ2) is 8.13. The van der Waals surface area contributed by atoms with Crippen LogP contribution in [0.25, 0.3) is 11.0 Å². The lowest BCUT2D eigenvalue weighted by Crippen LogP contribution is -2.30. The molecular formula is C20H18Cl2N2O3. The highest BCUT2D eigenvalue weighted by Crippen LogP contribution is 2.31. The Balaban J connectivity index is 1.71. The molecule has 0 fully saturated rings. The van der Waals surface area contributed by atoms with E-state index in [0.717, 1.165) is 5.56 Å². The van der Waals surface area contributed by atoms with E-state index in [-0.39, 0.29) is 30.0 Å². The van der Waals surface area contributed by atoms with Gasteiger partial charge in [0.05, 0.1) is 22.3 Å². The van der Waals surface area contributed by atoms with Gasteiger partial charge in [0.2, 0.25) is 5.91 Å². The van der Waals surface area contributed by atoms with Crippen molar-refractivity contribution in [3.05, 3.63) is 63.8 Å². The molecule has 3 aromatic rings. The number of furan rings is 1. The Morgan fingerprint density at radius 3 is 2.56 bits per heavy atom. The van der Waals surface area contributed by atoms with Gasteiger partial charge in [-0.2, -0.15) is 0 Å². The summed E-state index contributed by atoms with van der Waals surface area (Å²) in [4.78, 5) is 24.3. The summed E-state index contributed by atoms with van der Waals surface area (Å²) in [5, 5.41) is 7.53. The maximum atomic E-state index is 12.4. The Morgan fingerprint density at radius 2 is 1.85 bits per heavy atom. The summed E-state index contributed by atoms with van der Waals surface area (Å²) >= 11 is 12.0. The van der Waals surface area contributed by atoms with Crippen LogP contribution in [0.1, 0.15) is 36.0 Å². The van der Waals surface area contributed by atoms with E-state index in [4.69, 9.17) is 27.6 Å². The van der Waals surface area contributed by atoms with Gasteiger partial charge in [0.25, 0.3) is 0 Å². The number of benzene rings is 2. The summed E-state index contributed by atoms with van der Waals surface area (Å²) in [5.41, 5.74) is 1.86. The molecule has 0 aliphatic rings. The van der Waals surface area contributed by atoms with Crippen molar-refractivity contribution >= 4 is 51.5 Å². The number of anilines is 1. The zero-order valence-corrected chi connectivity index (χ0v) is 16.3. The van der Waals surface area contributed by atoms with Crippen molar-refractivity contribution in [1.29, 1.82) is 0 Å². The molecule has 0 saturated heterocycles. The zero-order chi connectivity index (χ0) is 19.6. The standard InChI is InChI=1S/C20H18Cl2N2O3/c1-11(13-7-8-15(21)16(22)9-13)23-10-18(26)24-19-14-5-3-4-6-17(14)27-20(19)12(2)25/h3-9,11,23H,10H2,1-2H3,(H,24,26)/t11-/m0/s1. The third kappa shape index (κ3) is 4.33. The van der Waals surface area contributed by atoms with Gasteiger partial charge < -0.3 is 15.1 Å². The minimum absolute atomic E-state index is 0.0538. The Kier molecular flexibility index (Phi) is 5.85. The first kappa shape index (κ1) is 19.4. The molecule has 5 nitrogen and oxygen atoms in total. The topological polar surface area (TPSA) is 71.3 Å². The molecule has 0 saturated carbocycles. The fourth-order valence-electron chi connectivity index (χ4n) is 2.75. The van der Waals surface area contributed by atoms with Crippen molar-refractivity contribution in [1.82, 2.24) is 5.32 Å². The average molecular weight is 405 g/mol. The molecule has 0 spiro atoms. The van der Waals surface area contributed by atoms with Crippen LogP contribution in [-0.4, -0.2) is 18.2 Å². The molecule has 140 valence electrons. The van der Waals surface area contributed by atoms with Crippen LogP contribution in [0.3, 0.4) is 0 Å². The van der Waals surface area contributed by atoms with Crippen LogP contribution in [-0.2, 0) is 4.79 Å². The zero-order valence-electron chi connectivity index (χ0n) is 14.8. The van der Waals surface area contributed by atoms with Gasteiger partial charge in [-0.3, -0.25) is 9.59 Å². The normalized spacial score (nSPS) is 12.1. The SMILES string of the molecule is CC(=O)c1oc2ccccc2c1NC(=O)CN[C@@H](C)c1ccc(Cl)c(Cl)c1. The fraction of sp³-hybridized carbons (Fsp3) is 0.200. The van der Waals surface area contributed by atoms with Gasteiger partial charge in [0.1, 0.15) is 5.58 Å². The van der Waals surface area contributed by atoms with Crippen LogP contribution in [0.2, 0.25) is 10.0 Å². The predicted molar refractivity (Wildman–Crippen MR) is 108 cm³/mol. The molecule has 27 heavy (non-hydrogen) atoms. The molecule has 0 aliphatic heterocycles. The van der Waals surface area contributed by atoms with E-state index in [1.165, 1.54) is 6.92 Å². The number of Topliss-reactive ketones (excluding diaryl/α,β-unsaturated/α-hetero) is 1. The molecule has 3 rings (SSSR count). The minimum atomic E-state index is -0.282. The number of carbonyl (C=O) groups excluding carboxylic acids is 2. The molecular weight excluding hydrogens is 387 g/mol. The van der Waals surface area contributed by atoms with E-state index in [2.05, 4.69) is 10.6 Å². The Morgan fingerprint density at radius 1 is 1.11 bits per heavy atom. The number of para-hydroxylation sites is 1. The van der Waals surface area contributed by atoms with Gasteiger partial charge >= 0.3 is 0 Å². The third-order valence-electron chi connectivity index (χ3n) is 4.19. The van der Waals surface area contributed by atoms with Crippen molar-refractivity contribution < 1.29 is 14.0 Å². The van der Waals surface area contributed by atoms with Gasteiger partial charge in [-0.25, -0.2) is 0 Å². The lowest BCUT2D eigenvalue weighted by atomic mass is 10.1. The number of halogens is 2. The van der Waals surface area contributed by atoms with Gasteiger partial charge in [0.15, 0.2) is 11.5 Å². The predicted octanol–water partition coefficient (Wildman–Crippen LogP) is 5.23. The van der Waals surface area contributed by atoms with Crippen LogP contribution in [0.4, 0.5) is 5.69 Å². The summed E-state index contributed by atoms with van der Waals surface area (Å²) in [6.45, 7) is 3.37. The Labute approximate surface area is 166 Å². The molecule has 1 amide bonds. The Hall–Kier alpha value is -2.34. The van der Waals surface area contributed by atoms with E-state index in [0.29, 0.717) is 26.7 Å². The number of carbonyl (C=O) groups is 2. The summed E-state index contributed by atoms with van der Waals surface area (Å²) in [7, 11) is 0. The summed E-state index contributed by atoms with van der Waals surface area (Å²) in [5.74, 6) is -0.392. The number of nitrogens with one attached hydrogen (secondary N) is 2. The summed E-state index contributed by atoms with van der Waals surface area (Å²) in [6.07, 6.45) is 0. The fourth-order valence-corrected chi connectivity index (χ4v) is 3.05. The maximum Gasteiger partial charge on any atom is 0.238 e. The first-order valence-electron chi connectivity index (χ1n) is 8.37. The number of amides is 1. The van der Waals surface area contributed by atoms with E-state index in [1.54, 1.807) is 24.3 Å². The van der Waals surface area contributed by atoms with Crippen LogP contribution in [0.5, 0.6) is 0 Å². The monoisotopic (exact) mass is 404 g/mol. The van der Waals surface area contributed by atoms with Gasteiger partial charge in [0, 0.05) is 18.4 Å². The van der Waals surface area contributed by atoms with Crippen molar-refractivity contribution in [2.75, 3.05) is 11.9 Å². The highest BCUT2D eigenvalue weighted by molar-refractivity contribution is 6.42. The number of hydrogen-bond donors (Lipinski definition) is 2.